The number of rotatable bonds is 6. The summed E-state index contributed by atoms with van der Waals surface area (Å²) in [5, 5.41) is 3.03. The van der Waals surface area contributed by atoms with Crippen molar-refractivity contribution >= 4 is 22.0 Å². The van der Waals surface area contributed by atoms with Crippen molar-refractivity contribution in [3.63, 3.8) is 0 Å². The lowest BCUT2D eigenvalue weighted by atomic mass is 9.90. The number of ether oxygens (including phenoxy) is 1. The molecule has 0 bridgehead atoms. The highest BCUT2D eigenvalue weighted by Crippen LogP contribution is 2.37. The molecule has 4 rings (SSSR count). The Bertz CT molecular complexity index is 1180. The van der Waals surface area contributed by atoms with Crippen LogP contribution in [0.1, 0.15) is 51.6 Å². The summed E-state index contributed by atoms with van der Waals surface area (Å²) in [5.74, 6) is -0.446. The van der Waals surface area contributed by atoms with Crippen LogP contribution in [0.4, 0.5) is 4.79 Å². The maximum absolute atomic E-state index is 13.6. The fraction of sp³-hybridized carbons (Fsp3) is 0.500. The summed E-state index contributed by atoms with van der Waals surface area (Å²) in [7, 11) is -3.79. The number of sulfonamides is 1. The van der Waals surface area contributed by atoms with E-state index < -0.39 is 21.5 Å². The Kier molecular flexibility index (Phi) is 8.23. The molecule has 200 valence electrons. The quantitative estimate of drug-likeness (QED) is 0.607. The van der Waals surface area contributed by atoms with Crippen molar-refractivity contribution in [1.82, 2.24) is 14.5 Å². The number of carbonyl (C=O) groups is 2. The van der Waals surface area contributed by atoms with Gasteiger partial charge in [-0.15, -0.1) is 0 Å². The molecule has 3 atom stereocenters. The topological polar surface area (TPSA) is 96.0 Å². The largest absolute Gasteiger partial charge is 0.444 e. The molecule has 2 aromatic carbocycles. The molecule has 2 unspecified atom stereocenters. The summed E-state index contributed by atoms with van der Waals surface area (Å²) in [6.45, 7) is 7.22. The maximum Gasteiger partial charge on any atom is 0.410 e. The van der Waals surface area contributed by atoms with Gasteiger partial charge in [0, 0.05) is 26.2 Å². The monoisotopic (exact) mass is 527 g/mol. The first-order valence-electron chi connectivity index (χ1n) is 12.9. The first kappa shape index (κ1) is 27.1. The van der Waals surface area contributed by atoms with Gasteiger partial charge in [0.2, 0.25) is 15.9 Å². The van der Waals surface area contributed by atoms with E-state index in [1.54, 1.807) is 35.2 Å². The highest BCUT2D eigenvalue weighted by molar-refractivity contribution is 7.89. The van der Waals surface area contributed by atoms with Gasteiger partial charge in [-0.3, -0.25) is 4.79 Å². The molecule has 2 aliphatic rings. The van der Waals surface area contributed by atoms with Crippen LogP contribution >= 0.6 is 0 Å². The van der Waals surface area contributed by atoms with Crippen LogP contribution in [0.15, 0.2) is 65.6 Å². The number of benzene rings is 2. The molecule has 37 heavy (non-hydrogen) atoms. The van der Waals surface area contributed by atoms with E-state index in [-0.39, 0.29) is 35.4 Å². The second-order valence-corrected chi connectivity index (χ2v) is 12.8. The first-order valence-corrected chi connectivity index (χ1v) is 14.4. The van der Waals surface area contributed by atoms with Crippen molar-refractivity contribution in [3.8, 4) is 0 Å². The SMILES string of the molecule is CC(C)(C)OC(=O)N1CC[C@@H](CNC(=O)C2CCC(c3ccccc3)N(S(=O)(=O)c3ccccc3)C2)C1. The molecule has 0 aromatic heterocycles. The fourth-order valence-corrected chi connectivity index (χ4v) is 6.75. The average molecular weight is 528 g/mol. The molecular formula is C28H37N3O5S. The number of nitrogens with one attached hydrogen (secondary N) is 1. The second kappa shape index (κ2) is 11.2. The van der Waals surface area contributed by atoms with E-state index in [0.717, 1.165) is 12.0 Å². The number of likely N-dealkylation sites (tertiary alicyclic amines) is 1. The lowest BCUT2D eigenvalue weighted by molar-refractivity contribution is -0.126. The zero-order valence-corrected chi connectivity index (χ0v) is 22.6. The first-order chi connectivity index (χ1) is 17.5. The predicted molar refractivity (Wildman–Crippen MR) is 141 cm³/mol. The van der Waals surface area contributed by atoms with Crippen LogP contribution in [0.2, 0.25) is 0 Å². The Balaban J connectivity index is 1.41. The summed E-state index contributed by atoms with van der Waals surface area (Å²) < 4.78 is 34.2. The van der Waals surface area contributed by atoms with Crippen LogP contribution < -0.4 is 5.32 Å². The van der Waals surface area contributed by atoms with E-state index in [1.807, 2.05) is 51.1 Å². The molecule has 2 amide bonds. The molecule has 0 aliphatic carbocycles. The number of piperidine rings is 1. The van der Waals surface area contributed by atoms with Crippen LogP contribution in [0.3, 0.4) is 0 Å². The van der Waals surface area contributed by atoms with Crippen molar-refractivity contribution in [1.29, 1.82) is 0 Å². The van der Waals surface area contributed by atoms with Crippen molar-refractivity contribution < 1.29 is 22.7 Å². The van der Waals surface area contributed by atoms with Crippen molar-refractivity contribution in [3.05, 3.63) is 66.2 Å². The molecule has 2 aliphatic heterocycles. The summed E-state index contributed by atoms with van der Waals surface area (Å²) in [6, 6.07) is 17.7. The molecule has 1 N–H and O–H groups in total. The summed E-state index contributed by atoms with van der Waals surface area (Å²) in [5.41, 5.74) is 0.377. The Morgan fingerprint density at radius 2 is 1.59 bits per heavy atom. The van der Waals surface area contributed by atoms with Gasteiger partial charge in [-0.1, -0.05) is 48.5 Å². The molecule has 8 nitrogen and oxygen atoms in total. The van der Waals surface area contributed by atoms with Gasteiger partial charge in [0.25, 0.3) is 0 Å². The molecular weight excluding hydrogens is 490 g/mol. The number of carbonyl (C=O) groups excluding carboxylic acids is 2. The molecule has 2 aromatic rings. The number of hydrogen-bond acceptors (Lipinski definition) is 5. The van der Waals surface area contributed by atoms with Gasteiger partial charge in [-0.2, -0.15) is 4.31 Å². The Labute approximate surface area is 220 Å². The van der Waals surface area contributed by atoms with E-state index >= 15 is 0 Å². The molecule has 2 heterocycles. The highest BCUT2D eigenvalue weighted by atomic mass is 32.2. The summed E-state index contributed by atoms with van der Waals surface area (Å²) in [4.78, 5) is 27.4. The van der Waals surface area contributed by atoms with Gasteiger partial charge in [0.1, 0.15) is 5.60 Å². The van der Waals surface area contributed by atoms with Crippen LogP contribution in [0, 0.1) is 11.8 Å². The van der Waals surface area contributed by atoms with Gasteiger partial charge < -0.3 is 15.0 Å². The van der Waals surface area contributed by atoms with Crippen molar-refractivity contribution in [2.24, 2.45) is 11.8 Å². The third-order valence-corrected chi connectivity index (χ3v) is 8.83. The highest BCUT2D eigenvalue weighted by Gasteiger charge is 2.40. The third-order valence-electron chi connectivity index (χ3n) is 6.94. The van der Waals surface area contributed by atoms with Gasteiger partial charge in [-0.25, -0.2) is 13.2 Å². The summed E-state index contributed by atoms with van der Waals surface area (Å²) in [6.07, 6.45) is 1.61. The van der Waals surface area contributed by atoms with Crippen molar-refractivity contribution in [2.75, 3.05) is 26.2 Å². The van der Waals surface area contributed by atoms with Gasteiger partial charge in [0.05, 0.1) is 16.9 Å². The Hall–Kier alpha value is -2.91. The molecule has 0 saturated carbocycles. The van der Waals surface area contributed by atoms with E-state index in [9.17, 15) is 18.0 Å². The minimum atomic E-state index is -3.79. The number of amides is 2. The fourth-order valence-electron chi connectivity index (χ4n) is 5.04. The lowest BCUT2D eigenvalue weighted by Gasteiger charge is -2.38. The molecule has 2 saturated heterocycles. The molecule has 2 fully saturated rings. The molecule has 9 heteroatoms. The van der Waals surface area contributed by atoms with E-state index in [4.69, 9.17) is 4.74 Å². The van der Waals surface area contributed by atoms with Gasteiger partial charge in [0.15, 0.2) is 0 Å². The average Bonchev–Trinajstić information content (AvgIpc) is 3.36. The van der Waals surface area contributed by atoms with Crippen LogP contribution in [0.5, 0.6) is 0 Å². The van der Waals surface area contributed by atoms with Crippen LogP contribution in [-0.4, -0.2) is 61.4 Å². The van der Waals surface area contributed by atoms with E-state index in [2.05, 4.69) is 5.32 Å². The van der Waals surface area contributed by atoms with Crippen LogP contribution in [0.25, 0.3) is 0 Å². The Morgan fingerprint density at radius 1 is 0.946 bits per heavy atom. The molecule has 0 spiro atoms. The predicted octanol–water partition coefficient (Wildman–Crippen LogP) is 4.20. The zero-order chi connectivity index (χ0) is 26.6. The maximum atomic E-state index is 13.6. The number of hydrogen-bond donors (Lipinski definition) is 1. The summed E-state index contributed by atoms with van der Waals surface area (Å²) >= 11 is 0. The Morgan fingerprint density at radius 3 is 2.24 bits per heavy atom. The normalized spacial score (nSPS) is 23.0. The van der Waals surface area contributed by atoms with Gasteiger partial charge >= 0.3 is 6.09 Å². The number of nitrogens with zero attached hydrogens (tertiary/aromatic N) is 2. The molecule has 0 radical (unpaired) electrons. The second-order valence-electron chi connectivity index (χ2n) is 10.9. The van der Waals surface area contributed by atoms with Crippen molar-refractivity contribution in [2.45, 2.75) is 56.6 Å². The van der Waals surface area contributed by atoms with E-state index in [1.165, 1.54) is 4.31 Å². The van der Waals surface area contributed by atoms with E-state index in [0.29, 0.717) is 32.5 Å². The minimum absolute atomic E-state index is 0.122. The van der Waals surface area contributed by atoms with Gasteiger partial charge in [-0.05, 0) is 63.6 Å². The minimum Gasteiger partial charge on any atom is -0.444 e. The third kappa shape index (κ3) is 6.70. The standard InChI is InChI=1S/C28H37N3O5S/c1-28(2,3)36-27(33)30-17-16-21(19-30)18-29-26(32)23-14-15-25(22-10-6-4-7-11-22)31(20-23)37(34,35)24-12-8-5-9-13-24/h4-13,21,23,25H,14-20H2,1-3H3,(H,29,32)/t21-,23?,25?/m0/s1. The lowest BCUT2D eigenvalue weighted by Crippen LogP contribution is -2.47. The van der Waals surface area contributed by atoms with Crippen LogP contribution in [-0.2, 0) is 19.6 Å². The smallest absolute Gasteiger partial charge is 0.410 e. The zero-order valence-electron chi connectivity index (χ0n) is 21.8.